The Morgan fingerprint density at radius 1 is 1.12 bits per heavy atom. The van der Waals surface area contributed by atoms with E-state index in [0.29, 0.717) is 0 Å². The molecule has 0 spiro atoms. The van der Waals surface area contributed by atoms with E-state index in [1.165, 1.54) is 30.3 Å². The molecule has 0 aliphatic carbocycles. The molecule has 0 atom stereocenters. The third kappa shape index (κ3) is 4.44. The maximum absolute atomic E-state index is 12.1. The normalized spacial score (nSPS) is 11.2. The van der Waals surface area contributed by atoms with Crippen molar-refractivity contribution in [2.24, 2.45) is 0 Å². The Hall–Kier alpha value is -2.16. The maximum atomic E-state index is 12.1. The Kier molecular flexibility index (Phi) is 5.76. The predicted molar refractivity (Wildman–Crippen MR) is 93.0 cm³/mol. The van der Waals surface area contributed by atoms with E-state index in [2.05, 4.69) is 10.0 Å². The highest BCUT2D eigenvalue weighted by atomic mass is 35.5. The third-order valence-corrected chi connectivity index (χ3v) is 5.03. The van der Waals surface area contributed by atoms with E-state index >= 15 is 0 Å². The Morgan fingerprint density at radius 3 is 2.42 bits per heavy atom. The fourth-order valence-corrected chi connectivity index (χ4v) is 3.28. The molecule has 9 heteroatoms. The van der Waals surface area contributed by atoms with E-state index in [-0.39, 0.29) is 34.4 Å². The Bertz CT molecular complexity index is 838. The predicted octanol–water partition coefficient (Wildman–Crippen LogP) is 2.95. The number of para-hydroxylation sites is 1. The molecule has 2 aromatic carbocycles. The number of rotatable bonds is 7. The minimum atomic E-state index is -3.62. The number of halogens is 1. The van der Waals surface area contributed by atoms with Crippen molar-refractivity contribution < 1.29 is 13.3 Å². The van der Waals surface area contributed by atoms with Crippen LogP contribution in [0.5, 0.6) is 0 Å². The molecule has 0 bridgehead atoms. The zero-order chi connectivity index (χ0) is 17.7. The van der Waals surface area contributed by atoms with Gasteiger partial charge < -0.3 is 5.32 Å². The quantitative estimate of drug-likeness (QED) is 0.444. The first-order chi connectivity index (χ1) is 11.3. The van der Waals surface area contributed by atoms with E-state index in [0.717, 1.165) is 5.56 Å². The largest absolute Gasteiger partial charge is 0.377 e. The number of anilines is 1. The molecular weight excluding hydrogens is 354 g/mol. The van der Waals surface area contributed by atoms with Crippen LogP contribution in [-0.4, -0.2) is 26.4 Å². The van der Waals surface area contributed by atoms with Gasteiger partial charge in [0.15, 0.2) is 0 Å². The van der Waals surface area contributed by atoms with Gasteiger partial charge in [-0.25, -0.2) is 13.1 Å². The average Bonchev–Trinajstić information content (AvgIpc) is 2.52. The average molecular weight is 370 g/mol. The number of nitrogens with zero attached hydrogens (tertiary/aromatic N) is 1. The molecule has 0 aliphatic rings. The van der Waals surface area contributed by atoms with Gasteiger partial charge in [-0.15, -0.1) is 0 Å². The highest BCUT2D eigenvalue weighted by Crippen LogP contribution is 2.31. The summed E-state index contributed by atoms with van der Waals surface area (Å²) in [7, 11) is -3.62. The van der Waals surface area contributed by atoms with Gasteiger partial charge in [0.2, 0.25) is 10.0 Å². The maximum Gasteiger partial charge on any atom is 0.293 e. The van der Waals surface area contributed by atoms with Crippen molar-refractivity contribution in [3.8, 4) is 0 Å². The fraction of sp³-hybridized carbons (Fsp3) is 0.200. The summed E-state index contributed by atoms with van der Waals surface area (Å²) in [6, 6.07) is 10.8. The number of aryl methyl sites for hydroxylation is 1. The van der Waals surface area contributed by atoms with Crippen LogP contribution in [0.15, 0.2) is 47.4 Å². The number of hydrogen-bond donors (Lipinski definition) is 2. The summed E-state index contributed by atoms with van der Waals surface area (Å²) in [4.78, 5) is 10.6. The molecule has 2 aromatic rings. The van der Waals surface area contributed by atoms with Crippen molar-refractivity contribution in [1.29, 1.82) is 0 Å². The molecule has 0 unspecified atom stereocenters. The SMILES string of the molecule is Cc1ccc(S(=O)(=O)NCCNc2c(Cl)cccc2[N+](=O)[O-])cc1. The molecule has 24 heavy (non-hydrogen) atoms. The first-order valence-electron chi connectivity index (χ1n) is 7.04. The van der Waals surface area contributed by atoms with Crippen LogP contribution in [0.1, 0.15) is 5.56 Å². The second-order valence-electron chi connectivity index (χ2n) is 5.03. The highest BCUT2D eigenvalue weighted by molar-refractivity contribution is 7.89. The molecule has 0 fully saturated rings. The van der Waals surface area contributed by atoms with Crippen LogP contribution in [0.2, 0.25) is 5.02 Å². The molecule has 0 saturated heterocycles. The van der Waals surface area contributed by atoms with Crippen LogP contribution < -0.4 is 10.0 Å². The zero-order valence-corrected chi connectivity index (χ0v) is 14.4. The summed E-state index contributed by atoms with van der Waals surface area (Å²) >= 11 is 5.95. The number of hydrogen-bond acceptors (Lipinski definition) is 5. The Balaban J connectivity index is 1.98. The number of sulfonamides is 1. The van der Waals surface area contributed by atoms with Crippen molar-refractivity contribution in [2.45, 2.75) is 11.8 Å². The van der Waals surface area contributed by atoms with Crippen LogP contribution in [0, 0.1) is 17.0 Å². The standard InChI is InChI=1S/C15H16ClN3O4S/c1-11-5-7-12(8-6-11)24(22,23)18-10-9-17-15-13(16)3-2-4-14(15)19(20)21/h2-8,17-18H,9-10H2,1H3. The molecule has 0 aliphatic heterocycles. The fourth-order valence-electron chi connectivity index (χ4n) is 2.01. The van der Waals surface area contributed by atoms with E-state index < -0.39 is 14.9 Å². The molecule has 2 rings (SSSR count). The minimum Gasteiger partial charge on any atom is -0.377 e. The first kappa shape index (κ1) is 18.2. The number of nitrogens with one attached hydrogen (secondary N) is 2. The number of benzene rings is 2. The summed E-state index contributed by atoms with van der Waals surface area (Å²) in [5.41, 5.74) is 0.962. The van der Waals surface area contributed by atoms with E-state index in [4.69, 9.17) is 11.6 Å². The van der Waals surface area contributed by atoms with Crippen LogP contribution in [0.3, 0.4) is 0 Å². The van der Waals surface area contributed by atoms with Crippen molar-refractivity contribution in [2.75, 3.05) is 18.4 Å². The summed E-state index contributed by atoms with van der Waals surface area (Å²) in [6.07, 6.45) is 0. The summed E-state index contributed by atoms with van der Waals surface area (Å²) in [6.45, 7) is 2.07. The lowest BCUT2D eigenvalue weighted by Crippen LogP contribution is -2.29. The van der Waals surface area contributed by atoms with Crippen LogP contribution in [0.4, 0.5) is 11.4 Å². The van der Waals surface area contributed by atoms with Gasteiger partial charge in [-0.1, -0.05) is 35.4 Å². The van der Waals surface area contributed by atoms with Gasteiger partial charge in [-0.3, -0.25) is 10.1 Å². The van der Waals surface area contributed by atoms with Crippen LogP contribution >= 0.6 is 11.6 Å². The van der Waals surface area contributed by atoms with Crippen molar-refractivity contribution in [1.82, 2.24) is 4.72 Å². The van der Waals surface area contributed by atoms with Gasteiger partial charge in [-0.2, -0.15) is 0 Å². The number of nitro benzene ring substituents is 1. The van der Waals surface area contributed by atoms with Gasteiger partial charge >= 0.3 is 0 Å². The topological polar surface area (TPSA) is 101 Å². The molecule has 0 radical (unpaired) electrons. The summed E-state index contributed by atoms with van der Waals surface area (Å²) in [5.74, 6) is 0. The van der Waals surface area contributed by atoms with E-state index in [1.54, 1.807) is 12.1 Å². The smallest absolute Gasteiger partial charge is 0.293 e. The minimum absolute atomic E-state index is 0.0542. The van der Waals surface area contributed by atoms with Gasteiger partial charge in [-0.05, 0) is 25.1 Å². The van der Waals surface area contributed by atoms with Gasteiger partial charge in [0.1, 0.15) is 5.69 Å². The van der Waals surface area contributed by atoms with Gasteiger partial charge in [0.25, 0.3) is 5.69 Å². The van der Waals surface area contributed by atoms with Gasteiger partial charge in [0.05, 0.1) is 14.8 Å². The summed E-state index contributed by atoms with van der Waals surface area (Å²) in [5, 5.41) is 14.0. The second-order valence-corrected chi connectivity index (χ2v) is 7.20. The molecule has 0 heterocycles. The van der Waals surface area contributed by atoms with E-state index in [9.17, 15) is 18.5 Å². The molecule has 128 valence electrons. The Labute approximate surface area is 144 Å². The molecule has 2 N–H and O–H groups in total. The lowest BCUT2D eigenvalue weighted by atomic mass is 10.2. The van der Waals surface area contributed by atoms with Crippen molar-refractivity contribution in [3.05, 3.63) is 63.2 Å². The van der Waals surface area contributed by atoms with Crippen LogP contribution in [0.25, 0.3) is 0 Å². The number of nitro groups is 1. The lowest BCUT2D eigenvalue weighted by molar-refractivity contribution is -0.383. The van der Waals surface area contributed by atoms with Crippen LogP contribution in [-0.2, 0) is 10.0 Å². The third-order valence-electron chi connectivity index (χ3n) is 3.24. The summed E-state index contributed by atoms with van der Waals surface area (Å²) < 4.78 is 26.7. The highest BCUT2D eigenvalue weighted by Gasteiger charge is 2.17. The molecule has 0 saturated carbocycles. The first-order valence-corrected chi connectivity index (χ1v) is 8.90. The molecule has 7 nitrogen and oxygen atoms in total. The second kappa shape index (κ2) is 7.61. The molecule has 0 aromatic heterocycles. The monoisotopic (exact) mass is 369 g/mol. The van der Waals surface area contributed by atoms with E-state index in [1.807, 2.05) is 6.92 Å². The van der Waals surface area contributed by atoms with Crippen molar-refractivity contribution >= 4 is 33.0 Å². The lowest BCUT2D eigenvalue weighted by Gasteiger charge is -2.10. The molecule has 0 amide bonds. The van der Waals surface area contributed by atoms with Gasteiger partial charge in [0, 0.05) is 19.2 Å². The zero-order valence-electron chi connectivity index (χ0n) is 12.8. The Morgan fingerprint density at radius 2 is 1.79 bits per heavy atom. The molecular formula is C15H16ClN3O4S. The van der Waals surface area contributed by atoms with Crippen molar-refractivity contribution in [3.63, 3.8) is 0 Å².